The molecule has 0 amide bonds. The van der Waals surface area contributed by atoms with Crippen LogP contribution in [-0.4, -0.2) is 18.3 Å². The number of rotatable bonds is 1. The first-order chi connectivity index (χ1) is 5.70. The highest BCUT2D eigenvalue weighted by molar-refractivity contribution is 5.38. The van der Waals surface area contributed by atoms with Crippen LogP contribution in [-0.2, 0) is 0 Å². The van der Waals surface area contributed by atoms with Crippen LogP contribution in [0.3, 0.4) is 0 Å². The number of aliphatic hydroxyl groups is 1. The van der Waals surface area contributed by atoms with Crippen LogP contribution in [0.2, 0.25) is 0 Å². The standard InChI is InChI=1S/C7H9N.C2H7NO/c1-6-2-4-7(8)5-3-6;3-1-2-4/h2-5H,8H2,1H3;4H,1-3H2. The molecule has 0 saturated carbocycles. The monoisotopic (exact) mass is 168 g/mol. The summed E-state index contributed by atoms with van der Waals surface area (Å²) in [4.78, 5) is 0. The number of nitrogens with two attached hydrogens (primary N) is 2. The van der Waals surface area contributed by atoms with Crippen molar-refractivity contribution in [2.75, 3.05) is 18.9 Å². The van der Waals surface area contributed by atoms with Gasteiger partial charge in [0.05, 0.1) is 6.61 Å². The first kappa shape index (κ1) is 10.9. The van der Waals surface area contributed by atoms with E-state index < -0.39 is 0 Å². The van der Waals surface area contributed by atoms with Gasteiger partial charge in [-0.05, 0) is 19.1 Å². The summed E-state index contributed by atoms with van der Waals surface area (Å²) >= 11 is 0. The molecule has 0 saturated heterocycles. The Bertz CT molecular complexity index is 173. The zero-order valence-electron chi connectivity index (χ0n) is 7.33. The Morgan fingerprint density at radius 3 is 1.92 bits per heavy atom. The lowest BCUT2D eigenvalue weighted by molar-refractivity contribution is 0.306. The van der Waals surface area contributed by atoms with E-state index in [0.29, 0.717) is 6.54 Å². The molecule has 0 aliphatic rings. The minimum absolute atomic E-state index is 0.0972. The van der Waals surface area contributed by atoms with Gasteiger partial charge in [0, 0.05) is 12.2 Å². The largest absolute Gasteiger partial charge is 0.399 e. The quantitative estimate of drug-likeness (QED) is 0.535. The summed E-state index contributed by atoms with van der Waals surface area (Å²) in [6.07, 6.45) is 0. The topological polar surface area (TPSA) is 72.3 Å². The van der Waals surface area contributed by atoms with E-state index in [1.165, 1.54) is 5.56 Å². The van der Waals surface area contributed by atoms with E-state index in [1.807, 2.05) is 31.2 Å². The number of aryl methyl sites for hydroxylation is 1. The van der Waals surface area contributed by atoms with E-state index in [-0.39, 0.29) is 6.61 Å². The lowest BCUT2D eigenvalue weighted by Crippen LogP contribution is -2.02. The van der Waals surface area contributed by atoms with Crippen LogP contribution in [0.1, 0.15) is 5.56 Å². The fourth-order valence-electron chi connectivity index (χ4n) is 0.566. The second-order valence-corrected chi connectivity index (χ2v) is 2.42. The highest BCUT2D eigenvalue weighted by Crippen LogP contribution is 2.02. The zero-order chi connectivity index (χ0) is 9.40. The van der Waals surface area contributed by atoms with E-state index in [9.17, 15) is 0 Å². The summed E-state index contributed by atoms with van der Waals surface area (Å²) in [5, 5.41) is 7.75. The third-order valence-corrected chi connectivity index (χ3v) is 1.21. The third-order valence-electron chi connectivity index (χ3n) is 1.21. The lowest BCUT2D eigenvalue weighted by Gasteiger charge is -1.90. The number of anilines is 1. The Morgan fingerprint density at radius 2 is 1.67 bits per heavy atom. The van der Waals surface area contributed by atoms with Crippen molar-refractivity contribution in [1.82, 2.24) is 0 Å². The molecular weight excluding hydrogens is 152 g/mol. The molecule has 0 heterocycles. The van der Waals surface area contributed by atoms with E-state index >= 15 is 0 Å². The molecule has 1 rings (SSSR count). The lowest BCUT2D eigenvalue weighted by atomic mass is 10.2. The number of hydrogen-bond donors (Lipinski definition) is 3. The molecule has 0 bridgehead atoms. The minimum Gasteiger partial charge on any atom is -0.399 e. The van der Waals surface area contributed by atoms with Gasteiger partial charge in [-0.15, -0.1) is 0 Å². The summed E-state index contributed by atoms with van der Waals surface area (Å²) < 4.78 is 0. The second-order valence-electron chi connectivity index (χ2n) is 2.42. The first-order valence-corrected chi connectivity index (χ1v) is 3.83. The van der Waals surface area contributed by atoms with Crippen molar-refractivity contribution in [3.8, 4) is 0 Å². The van der Waals surface area contributed by atoms with Crippen molar-refractivity contribution in [2.45, 2.75) is 6.92 Å². The number of benzene rings is 1. The summed E-state index contributed by atoms with van der Waals surface area (Å²) in [5.74, 6) is 0. The van der Waals surface area contributed by atoms with Gasteiger partial charge in [-0.1, -0.05) is 17.7 Å². The van der Waals surface area contributed by atoms with Gasteiger partial charge >= 0.3 is 0 Å². The average Bonchev–Trinajstić information content (AvgIpc) is 2.11. The van der Waals surface area contributed by atoms with Crippen molar-refractivity contribution in [1.29, 1.82) is 0 Å². The van der Waals surface area contributed by atoms with Crippen LogP contribution in [0.5, 0.6) is 0 Å². The summed E-state index contributed by atoms with van der Waals surface area (Å²) in [6, 6.07) is 7.79. The molecule has 0 aliphatic heterocycles. The Labute approximate surface area is 73.0 Å². The molecule has 68 valence electrons. The predicted molar refractivity (Wildman–Crippen MR) is 51.7 cm³/mol. The van der Waals surface area contributed by atoms with Crippen molar-refractivity contribution >= 4 is 5.69 Å². The van der Waals surface area contributed by atoms with Crippen molar-refractivity contribution in [3.63, 3.8) is 0 Å². The maximum absolute atomic E-state index is 7.75. The van der Waals surface area contributed by atoms with Crippen molar-refractivity contribution in [3.05, 3.63) is 29.8 Å². The van der Waals surface area contributed by atoms with Crippen LogP contribution in [0.15, 0.2) is 24.3 Å². The van der Waals surface area contributed by atoms with Crippen LogP contribution >= 0.6 is 0 Å². The second kappa shape index (κ2) is 6.64. The van der Waals surface area contributed by atoms with E-state index in [2.05, 4.69) is 0 Å². The van der Waals surface area contributed by atoms with Gasteiger partial charge in [-0.2, -0.15) is 0 Å². The molecule has 1 aromatic rings. The SMILES string of the molecule is Cc1ccc(N)cc1.NCCO. The van der Waals surface area contributed by atoms with Gasteiger partial charge in [0.15, 0.2) is 0 Å². The summed E-state index contributed by atoms with van der Waals surface area (Å²) in [7, 11) is 0. The molecular formula is C9H16N2O. The van der Waals surface area contributed by atoms with Gasteiger partial charge in [-0.25, -0.2) is 0 Å². The molecule has 3 heteroatoms. The fraction of sp³-hybridized carbons (Fsp3) is 0.333. The first-order valence-electron chi connectivity index (χ1n) is 3.83. The molecule has 0 aliphatic carbocycles. The smallest absolute Gasteiger partial charge is 0.0553 e. The highest BCUT2D eigenvalue weighted by atomic mass is 16.3. The molecule has 3 nitrogen and oxygen atoms in total. The van der Waals surface area contributed by atoms with E-state index in [1.54, 1.807) is 0 Å². The minimum atomic E-state index is 0.0972. The molecule has 0 spiro atoms. The van der Waals surface area contributed by atoms with Gasteiger partial charge in [-0.3, -0.25) is 0 Å². The summed E-state index contributed by atoms with van der Waals surface area (Å²) in [6.45, 7) is 2.51. The van der Waals surface area contributed by atoms with Crippen LogP contribution in [0.4, 0.5) is 5.69 Å². The van der Waals surface area contributed by atoms with Gasteiger partial charge in [0.25, 0.3) is 0 Å². The van der Waals surface area contributed by atoms with Gasteiger partial charge in [0.2, 0.25) is 0 Å². The normalized spacial score (nSPS) is 8.58. The van der Waals surface area contributed by atoms with E-state index in [4.69, 9.17) is 16.6 Å². The Kier molecular flexibility index (Phi) is 6.05. The van der Waals surface area contributed by atoms with Crippen molar-refractivity contribution in [2.24, 2.45) is 5.73 Å². The Hall–Kier alpha value is -1.06. The Balaban J connectivity index is 0.000000261. The van der Waals surface area contributed by atoms with Crippen molar-refractivity contribution < 1.29 is 5.11 Å². The number of aliphatic hydroxyl groups excluding tert-OH is 1. The molecule has 0 atom stereocenters. The average molecular weight is 168 g/mol. The van der Waals surface area contributed by atoms with E-state index in [0.717, 1.165) is 5.69 Å². The maximum Gasteiger partial charge on any atom is 0.0553 e. The molecule has 5 N–H and O–H groups in total. The third kappa shape index (κ3) is 5.70. The molecule has 0 unspecified atom stereocenters. The maximum atomic E-state index is 7.75. The fourth-order valence-corrected chi connectivity index (χ4v) is 0.566. The molecule has 1 aromatic carbocycles. The number of nitrogen functional groups attached to an aromatic ring is 1. The molecule has 12 heavy (non-hydrogen) atoms. The molecule has 0 fully saturated rings. The van der Waals surface area contributed by atoms with Crippen LogP contribution in [0.25, 0.3) is 0 Å². The zero-order valence-corrected chi connectivity index (χ0v) is 7.33. The van der Waals surface area contributed by atoms with Gasteiger partial charge in [0.1, 0.15) is 0 Å². The Morgan fingerprint density at radius 1 is 1.25 bits per heavy atom. The van der Waals surface area contributed by atoms with Gasteiger partial charge < -0.3 is 16.6 Å². The molecule has 0 aromatic heterocycles. The van der Waals surface area contributed by atoms with Crippen LogP contribution in [0, 0.1) is 6.92 Å². The van der Waals surface area contributed by atoms with Crippen LogP contribution < -0.4 is 11.5 Å². The molecule has 0 radical (unpaired) electrons. The predicted octanol–water partition coefficient (Wildman–Crippen LogP) is 0.515. The number of hydrogen-bond acceptors (Lipinski definition) is 3. The summed E-state index contributed by atoms with van der Waals surface area (Å²) in [5.41, 5.74) is 12.3. The highest BCUT2D eigenvalue weighted by Gasteiger charge is 1.80.